The summed E-state index contributed by atoms with van der Waals surface area (Å²) >= 11 is 5.71. The van der Waals surface area contributed by atoms with Gasteiger partial charge in [0.1, 0.15) is 5.75 Å². The van der Waals surface area contributed by atoms with Gasteiger partial charge in [-0.2, -0.15) is 18.3 Å². The van der Waals surface area contributed by atoms with Crippen LogP contribution in [0.5, 0.6) is 0 Å². The molecule has 1 amide bonds. The zero-order valence-corrected chi connectivity index (χ0v) is 14.4. The molecule has 0 aliphatic heterocycles. The number of hydrogen-bond acceptors (Lipinski definition) is 5. The topological polar surface area (TPSA) is 88.5 Å². The molecule has 0 saturated carbocycles. The largest absolute Gasteiger partial charge is 0.417 e. The molecule has 0 aliphatic rings. The first-order chi connectivity index (χ1) is 12.1. The lowest BCUT2D eigenvalue weighted by Crippen LogP contribution is -2.27. The number of pyridine rings is 1. The molecule has 0 radical (unpaired) electrons. The number of carbonyl (C=O) groups excluding carboxylic acids is 1. The maximum absolute atomic E-state index is 12.5. The zero-order chi connectivity index (χ0) is 19.4. The minimum absolute atomic E-state index is 0.392. The molecule has 2 rings (SSSR count). The van der Waals surface area contributed by atoms with E-state index in [4.69, 9.17) is 11.6 Å². The molecule has 0 bridgehead atoms. The van der Waals surface area contributed by atoms with Gasteiger partial charge in [0.15, 0.2) is 5.03 Å². The Balaban J connectivity index is 1.99. The average molecular weight is 406 g/mol. The van der Waals surface area contributed by atoms with Crippen molar-refractivity contribution < 1.29 is 26.4 Å². The third-order valence-electron chi connectivity index (χ3n) is 2.98. The first kappa shape index (κ1) is 19.9. The van der Waals surface area contributed by atoms with Crippen LogP contribution in [0.1, 0.15) is 11.1 Å². The van der Waals surface area contributed by atoms with Crippen LogP contribution in [0.2, 0.25) is 5.02 Å². The van der Waals surface area contributed by atoms with E-state index in [9.17, 15) is 26.4 Å². The summed E-state index contributed by atoms with van der Waals surface area (Å²) in [6, 6.07) is 7.73. The number of sulfone groups is 1. The van der Waals surface area contributed by atoms with Crippen LogP contribution < -0.4 is 5.43 Å². The van der Waals surface area contributed by atoms with Crippen LogP contribution in [0.4, 0.5) is 13.2 Å². The van der Waals surface area contributed by atoms with Crippen molar-refractivity contribution in [2.75, 3.05) is 5.75 Å². The van der Waals surface area contributed by atoms with Gasteiger partial charge >= 0.3 is 6.18 Å². The summed E-state index contributed by atoms with van der Waals surface area (Å²) < 4.78 is 61.4. The number of aromatic nitrogens is 1. The number of benzene rings is 1. The molecule has 0 atom stereocenters. The molecule has 0 fully saturated rings. The number of alkyl halides is 3. The van der Waals surface area contributed by atoms with Crippen LogP contribution in [0.25, 0.3) is 0 Å². The first-order valence-corrected chi connectivity index (χ1v) is 8.94. The lowest BCUT2D eigenvalue weighted by molar-refractivity contribution is -0.137. The first-order valence-electron chi connectivity index (χ1n) is 6.91. The molecule has 6 nitrogen and oxygen atoms in total. The van der Waals surface area contributed by atoms with E-state index >= 15 is 0 Å². The molecule has 0 spiro atoms. The van der Waals surface area contributed by atoms with Gasteiger partial charge in [-0.25, -0.2) is 18.8 Å². The molecular weight excluding hydrogens is 395 g/mol. The molecule has 0 unspecified atom stereocenters. The lowest BCUT2D eigenvalue weighted by Gasteiger charge is -2.07. The van der Waals surface area contributed by atoms with E-state index in [2.05, 4.69) is 10.1 Å². The highest BCUT2D eigenvalue weighted by Gasteiger charge is 2.31. The number of hydrogen-bond donors (Lipinski definition) is 1. The van der Waals surface area contributed by atoms with E-state index in [0.717, 1.165) is 0 Å². The van der Waals surface area contributed by atoms with Crippen LogP contribution in [-0.2, 0) is 20.8 Å². The van der Waals surface area contributed by atoms with Gasteiger partial charge in [-0.15, -0.1) is 0 Å². The third-order valence-corrected chi connectivity index (χ3v) is 4.75. The fraction of sp³-hybridized carbons (Fsp3) is 0.133. The number of halogens is 4. The molecule has 0 aliphatic carbocycles. The highest BCUT2D eigenvalue weighted by molar-refractivity contribution is 7.92. The Morgan fingerprint density at radius 3 is 2.38 bits per heavy atom. The Bertz CT molecular complexity index is 912. The van der Waals surface area contributed by atoms with Gasteiger partial charge in [0.2, 0.25) is 9.84 Å². The van der Waals surface area contributed by atoms with Crippen molar-refractivity contribution in [3.63, 3.8) is 0 Å². The minimum atomic E-state index is -4.64. The van der Waals surface area contributed by atoms with Gasteiger partial charge in [0.05, 0.1) is 11.8 Å². The minimum Gasteiger partial charge on any atom is -0.272 e. The summed E-state index contributed by atoms with van der Waals surface area (Å²) in [5.74, 6) is -1.97. The van der Waals surface area contributed by atoms with Gasteiger partial charge in [-0.05, 0) is 29.8 Å². The van der Waals surface area contributed by atoms with Gasteiger partial charge in [0, 0.05) is 11.2 Å². The number of hydrazone groups is 1. The van der Waals surface area contributed by atoms with E-state index in [0.29, 0.717) is 28.9 Å². The molecule has 26 heavy (non-hydrogen) atoms. The molecule has 1 aromatic carbocycles. The molecule has 11 heteroatoms. The Hall–Kier alpha value is -2.46. The van der Waals surface area contributed by atoms with Crippen molar-refractivity contribution in [2.45, 2.75) is 11.2 Å². The number of nitrogens with one attached hydrogen (secondary N) is 1. The molecule has 1 aromatic heterocycles. The number of carbonyl (C=O) groups is 1. The van der Waals surface area contributed by atoms with Gasteiger partial charge in [-0.3, -0.25) is 4.79 Å². The maximum atomic E-state index is 12.5. The second kappa shape index (κ2) is 7.83. The molecular formula is C15H11ClF3N3O3S. The van der Waals surface area contributed by atoms with Gasteiger partial charge in [0.25, 0.3) is 5.91 Å². The number of nitrogens with zero attached hydrogens (tertiary/aromatic N) is 2. The maximum Gasteiger partial charge on any atom is 0.417 e. The van der Waals surface area contributed by atoms with Crippen molar-refractivity contribution in [3.8, 4) is 0 Å². The molecule has 0 saturated heterocycles. The van der Waals surface area contributed by atoms with Crippen molar-refractivity contribution in [1.82, 2.24) is 10.4 Å². The number of rotatable bonds is 5. The quantitative estimate of drug-likeness (QED) is 0.612. The van der Waals surface area contributed by atoms with Crippen LogP contribution in [0.15, 0.2) is 52.7 Å². The van der Waals surface area contributed by atoms with Crippen LogP contribution in [-0.4, -0.2) is 31.3 Å². The van der Waals surface area contributed by atoms with E-state index in [1.54, 1.807) is 24.3 Å². The van der Waals surface area contributed by atoms with E-state index in [1.807, 2.05) is 5.43 Å². The van der Waals surface area contributed by atoms with Crippen molar-refractivity contribution in [3.05, 3.63) is 58.7 Å². The summed E-state index contributed by atoms with van der Waals surface area (Å²) in [4.78, 5) is 14.9. The molecule has 2 aromatic rings. The summed E-state index contributed by atoms with van der Waals surface area (Å²) in [7, 11) is -4.20. The van der Waals surface area contributed by atoms with Crippen LogP contribution in [0.3, 0.4) is 0 Å². The Morgan fingerprint density at radius 1 is 1.19 bits per heavy atom. The van der Waals surface area contributed by atoms with Crippen LogP contribution in [0, 0.1) is 0 Å². The second-order valence-electron chi connectivity index (χ2n) is 4.99. The zero-order valence-electron chi connectivity index (χ0n) is 12.9. The lowest BCUT2D eigenvalue weighted by atomic mass is 10.2. The Morgan fingerprint density at radius 2 is 1.85 bits per heavy atom. The van der Waals surface area contributed by atoms with E-state index in [-0.39, 0.29) is 0 Å². The molecule has 1 heterocycles. The monoisotopic (exact) mass is 405 g/mol. The summed E-state index contributed by atoms with van der Waals surface area (Å²) in [6.45, 7) is 0. The van der Waals surface area contributed by atoms with Gasteiger partial charge in [-0.1, -0.05) is 23.7 Å². The Labute approximate surface area is 151 Å². The highest BCUT2D eigenvalue weighted by atomic mass is 35.5. The number of amides is 1. The fourth-order valence-corrected chi connectivity index (χ4v) is 2.91. The second-order valence-corrected chi connectivity index (χ2v) is 7.36. The smallest absolute Gasteiger partial charge is 0.272 e. The third kappa shape index (κ3) is 5.53. The van der Waals surface area contributed by atoms with E-state index < -0.39 is 38.3 Å². The average Bonchev–Trinajstić information content (AvgIpc) is 2.55. The summed E-state index contributed by atoms with van der Waals surface area (Å²) in [5.41, 5.74) is 1.54. The van der Waals surface area contributed by atoms with Crippen molar-refractivity contribution in [1.29, 1.82) is 0 Å². The van der Waals surface area contributed by atoms with Crippen LogP contribution >= 0.6 is 11.6 Å². The predicted octanol–water partition coefficient (Wildman–Crippen LogP) is 2.68. The fourth-order valence-electron chi connectivity index (χ4n) is 1.74. The van der Waals surface area contributed by atoms with Gasteiger partial charge < -0.3 is 0 Å². The Kier molecular flexibility index (Phi) is 5.98. The normalized spacial score (nSPS) is 12.3. The SMILES string of the molecule is O=C(CS(=O)(=O)c1ccc(C(F)(F)F)cn1)NN=Cc1ccc(Cl)cc1. The summed E-state index contributed by atoms with van der Waals surface area (Å²) in [5, 5.41) is 3.47. The molecule has 138 valence electrons. The van der Waals surface area contributed by atoms with E-state index in [1.165, 1.54) is 6.21 Å². The predicted molar refractivity (Wildman–Crippen MR) is 88.5 cm³/mol. The highest BCUT2D eigenvalue weighted by Crippen LogP contribution is 2.28. The summed E-state index contributed by atoms with van der Waals surface area (Å²) in [6.07, 6.45) is -2.97. The van der Waals surface area contributed by atoms with Crippen molar-refractivity contribution in [2.24, 2.45) is 5.10 Å². The van der Waals surface area contributed by atoms with Crippen molar-refractivity contribution >= 4 is 33.6 Å². The molecule has 1 N–H and O–H groups in total. The standard InChI is InChI=1S/C15H11ClF3N3O3S/c16-12-4-1-10(2-5-12)7-21-22-13(23)9-26(24,25)14-6-3-11(8-20-14)15(17,18)19/h1-8H,9H2,(H,22,23).